The first-order valence-corrected chi connectivity index (χ1v) is 12.4. The van der Waals surface area contributed by atoms with E-state index in [4.69, 9.17) is 9.47 Å². The Balaban J connectivity index is 1.63. The average Bonchev–Trinajstić information content (AvgIpc) is 2.83. The standard InChI is InChI=1S/C28H41N3O3/c1-22(2)18-27(30(3)4)28(32)29-25(20-31-14-16-33-17-15-31)19-23-10-12-26(13-11-23)34-21-24-8-6-5-7-9-24/h5-13,22,25,27H,14-21H2,1-4H3,(H,29,32)/t25-,27-/m0/s1. The lowest BCUT2D eigenvalue weighted by Crippen LogP contribution is -2.53. The molecule has 1 N–H and O–H groups in total. The quantitative estimate of drug-likeness (QED) is 0.517. The number of nitrogens with zero attached hydrogens (tertiary/aromatic N) is 2. The van der Waals surface area contributed by atoms with Crippen molar-refractivity contribution in [3.63, 3.8) is 0 Å². The number of hydrogen-bond donors (Lipinski definition) is 1. The zero-order valence-corrected chi connectivity index (χ0v) is 21.2. The third-order valence-corrected chi connectivity index (χ3v) is 6.20. The Morgan fingerprint density at radius 3 is 2.32 bits per heavy atom. The molecular formula is C28H41N3O3. The highest BCUT2D eigenvalue weighted by atomic mass is 16.5. The van der Waals surface area contributed by atoms with Gasteiger partial charge in [-0.2, -0.15) is 0 Å². The predicted molar refractivity (Wildman–Crippen MR) is 137 cm³/mol. The number of hydrogen-bond acceptors (Lipinski definition) is 5. The van der Waals surface area contributed by atoms with Crippen molar-refractivity contribution in [2.24, 2.45) is 5.92 Å². The van der Waals surface area contributed by atoms with Crippen LogP contribution in [0.1, 0.15) is 31.4 Å². The number of benzene rings is 2. The van der Waals surface area contributed by atoms with Crippen molar-refractivity contribution in [1.82, 2.24) is 15.1 Å². The molecule has 0 aromatic heterocycles. The Bertz CT molecular complexity index is 849. The van der Waals surface area contributed by atoms with Gasteiger partial charge in [0, 0.05) is 25.7 Å². The first-order chi connectivity index (χ1) is 16.4. The molecular weight excluding hydrogens is 426 g/mol. The highest BCUT2D eigenvalue weighted by molar-refractivity contribution is 5.82. The Hall–Kier alpha value is -2.41. The fourth-order valence-corrected chi connectivity index (χ4v) is 4.30. The normalized spacial score (nSPS) is 16.4. The van der Waals surface area contributed by atoms with E-state index in [0.717, 1.165) is 57.0 Å². The number of rotatable bonds is 12. The van der Waals surface area contributed by atoms with Gasteiger partial charge in [-0.1, -0.05) is 56.3 Å². The van der Waals surface area contributed by atoms with Crippen molar-refractivity contribution in [3.8, 4) is 5.75 Å². The molecule has 1 aliphatic rings. The zero-order chi connectivity index (χ0) is 24.3. The van der Waals surface area contributed by atoms with Crippen LogP contribution in [0.25, 0.3) is 0 Å². The van der Waals surface area contributed by atoms with Gasteiger partial charge < -0.3 is 14.8 Å². The summed E-state index contributed by atoms with van der Waals surface area (Å²) in [4.78, 5) is 17.6. The maximum absolute atomic E-state index is 13.2. The second-order valence-electron chi connectivity index (χ2n) is 9.85. The number of likely N-dealkylation sites (N-methyl/N-ethyl adjacent to an activating group) is 1. The Morgan fingerprint density at radius 2 is 1.71 bits per heavy atom. The van der Waals surface area contributed by atoms with Crippen LogP contribution >= 0.6 is 0 Å². The van der Waals surface area contributed by atoms with Crippen LogP contribution in [0.4, 0.5) is 0 Å². The van der Waals surface area contributed by atoms with Gasteiger partial charge in [0.25, 0.3) is 0 Å². The van der Waals surface area contributed by atoms with E-state index in [2.05, 4.69) is 48.3 Å². The van der Waals surface area contributed by atoms with Crippen molar-refractivity contribution in [3.05, 3.63) is 65.7 Å². The molecule has 186 valence electrons. The summed E-state index contributed by atoms with van der Waals surface area (Å²) < 4.78 is 11.4. The lowest BCUT2D eigenvalue weighted by Gasteiger charge is -2.33. The monoisotopic (exact) mass is 467 g/mol. The van der Waals surface area contributed by atoms with Gasteiger partial charge in [0.1, 0.15) is 12.4 Å². The summed E-state index contributed by atoms with van der Waals surface area (Å²) in [6.07, 6.45) is 1.63. The van der Waals surface area contributed by atoms with E-state index >= 15 is 0 Å². The predicted octanol–water partition coefficient (Wildman–Crippen LogP) is 3.60. The van der Waals surface area contributed by atoms with E-state index in [1.165, 1.54) is 5.56 Å². The van der Waals surface area contributed by atoms with Crippen molar-refractivity contribution < 1.29 is 14.3 Å². The number of ether oxygens (including phenoxy) is 2. The summed E-state index contributed by atoms with van der Waals surface area (Å²) in [5.74, 6) is 1.42. The van der Waals surface area contributed by atoms with Crippen LogP contribution in [0.15, 0.2) is 54.6 Å². The second kappa shape index (κ2) is 13.5. The Kier molecular flexibility index (Phi) is 10.4. The van der Waals surface area contributed by atoms with Crippen LogP contribution in [-0.2, 0) is 22.6 Å². The number of carbonyl (C=O) groups excluding carboxylic acids is 1. The van der Waals surface area contributed by atoms with E-state index in [9.17, 15) is 4.79 Å². The Morgan fingerprint density at radius 1 is 1.03 bits per heavy atom. The maximum Gasteiger partial charge on any atom is 0.237 e. The van der Waals surface area contributed by atoms with Crippen molar-refractivity contribution in [2.45, 2.75) is 45.4 Å². The lowest BCUT2D eigenvalue weighted by atomic mass is 10.0. The van der Waals surface area contributed by atoms with E-state index in [1.807, 2.05) is 49.3 Å². The van der Waals surface area contributed by atoms with Gasteiger partial charge in [-0.05, 0) is 56.1 Å². The van der Waals surface area contributed by atoms with Crippen molar-refractivity contribution in [2.75, 3.05) is 46.9 Å². The summed E-state index contributed by atoms with van der Waals surface area (Å²) >= 11 is 0. The minimum atomic E-state index is -0.124. The minimum absolute atomic E-state index is 0.0382. The van der Waals surface area contributed by atoms with Crippen LogP contribution < -0.4 is 10.1 Å². The molecule has 1 saturated heterocycles. The third kappa shape index (κ3) is 8.75. The molecule has 2 aromatic carbocycles. The van der Waals surface area contributed by atoms with E-state index in [1.54, 1.807) is 0 Å². The first-order valence-electron chi connectivity index (χ1n) is 12.4. The Labute approximate surface area is 205 Å². The van der Waals surface area contributed by atoms with Crippen LogP contribution in [-0.4, -0.2) is 74.7 Å². The fraction of sp³-hybridized carbons (Fsp3) is 0.536. The summed E-state index contributed by atoms with van der Waals surface area (Å²) in [5.41, 5.74) is 2.34. The van der Waals surface area contributed by atoms with Gasteiger partial charge in [0.15, 0.2) is 0 Å². The first kappa shape index (κ1) is 26.2. The molecule has 34 heavy (non-hydrogen) atoms. The SMILES string of the molecule is CC(C)C[C@@H](C(=O)N[C@@H](Cc1ccc(OCc2ccccc2)cc1)CN1CCOCC1)N(C)C. The second-order valence-corrected chi connectivity index (χ2v) is 9.85. The summed E-state index contributed by atoms with van der Waals surface area (Å²) in [6, 6.07) is 18.3. The molecule has 2 atom stereocenters. The average molecular weight is 468 g/mol. The summed E-state index contributed by atoms with van der Waals surface area (Å²) in [7, 11) is 3.97. The highest BCUT2D eigenvalue weighted by Gasteiger charge is 2.26. The lowest BCUT2D eigenvalue weighted by molar-refractivity contribution is -0.127. The molecule has 3 rings (SSSR count). The van der Waals surface area contributed by atoms with Gasteiger partial charge in [-0.15, -0.1) is 0 Å². The van der Waals surface area contributed by atoms with Gasteiger partial charge in [-0.25, -0.2) is 0 Å². The summed E-state index contributed by atoms with van der Waals surface area (Å²) in [6.45, 7) is 9.01. The van der Waals surface area contributed by atoms with E-state index in [0.29, 0.717) is 12.5 Å². The number of carbonyl (C=O) groups is 1. The summed E-state index contributed by atoms with van der Waals surface area (Å²) in [5, 5.41) is 3.37. The molecule has 0 unspecified atom stereocenters. The van der Waals surface area contributed by atoms with Crippen LogP contribution in [0.3, 0.4) is 0 Å². The molecule has 6 heteroatoms. The third-order valence-electron chi connectivity index (χ3n) is 6.20. The van der Waals surface area contributed by atoms with Crippen molar-refractivity contribution >= 4 is 5.91 Å². The molecule has 6 nitrogen and oxygen atoms in total. The van der Waals surface area contributed by atoms with Gasteiger partial charge in [0.05, 0.1) is 19.3 Å². The molecule has 1 aliphatic heterocycles. The smallest absolute Gasteiger partial charge is 0.237 e. The zero-order valence-electron chi connectivity index (χ0n) is 21.2. The minimum Gasteiger partial charge on any atom is -0.489 e. The fourth-order valence-electron chi connectivity index (χ4n) is 4.30. The highest BCUT2D eigenvalue weighted by Crippen LogP contribution is 2.17. The van der Waals surface area contributed by atoms with Gasteiger partial charge >= 0.3 is 0 Å². The molecule has 0 spiro atoms. The van der Waals surface area contributed by atoms with Crippen molar-refractivity contribution in [1.29, 1.82) is 0 Å². The van der Waals surface area contributed by atoms with Crippen LogP contribution in [0.5, 0.6) is 5.75 Å². The largest absolute Gasteiger partial charge is 0.489 e. The molecule has 1 fully saturated rings. The molecule has 1 heterocycles. The number of nitrogens with one attached hydrogen (secondary N) is 1. The van der Waals surface area contributed by atoms with Gasteiger partial charge in [-0.3, -0.25) is 14.6 Å². The molecule has 0 aliphatic carbocycles. The molecule has 1 amide bonds. The van der Waals surface area contributed by atoms with Crippen LogP contribution in [0.2, 0.25) is 0 Å². The van der Waals surface area contributed by atoms with E-state index < -0.39 is 0 Å². The maximum atomic E-state index is 13.2. The number of morpholine rings is 1. The van der Waals surface area contributed by atoms with Crippen LogP contribution in [0, 0.1) is 5.92 Å². The molecule has 0 bridgehead atoms. The molecule has 0 radical (unpaired) electrons. The molecule has 2 aromatic rings. The van der Waals surface area contributed by atoms with Gasteiger partial charge in [0.2, 0.25) is 5.91 Å². The molecule has 0 saturated carbocycles. The van der Waals surface area contributed by atoms with E-state index in [-0.39, 0.29) is 18.0 Å². The topological polar surface area (TPSA) is 54.0 Å². The number of amides is 1.